The Hall–Kier alpha value is -0.540. The number of halogens is 1. The van der Waals surface area contributed by atoms with Crippen molar-refractivity contribution in [2.45, 2.75) is 58.5 Å². The van der Waals surface area contributed by atoms with Crippen molar-refractivity contribution in [1.29, 1.82) is 0 Å². The molecule has 114 valence electrons. The average Bonchev–Trinajstić information content (AvgIpc) is 2.89. The fourth-order valence-corrected chi connectivity index (χ4v) is 3.55. The molecule has 1 aliphatic rings. The molecule has 1 atom stereocenters. The molecule has 1 fully saturated rings. The third-order valence-corrected chi connectivity index (χ3v) is 4.70. The van der Waals surface area contributed by atoms with E-state index in [9.17, 15) is 0 Å². The van der Waals surface area contributed by atoms with Gasteiger partial charge in [0.1, 0.15) is 0 Å². The third-order valence-electron chi connectivity index (χ3n) is 4.49. The summed E-state index contributed by atoms with van der Waals surface area (Å²) >= 11 is 5.88. The Kier molecular flexibility index (Phi) is 6.37. The highest BCUT2D eigenvalue weighted by Crippen LogP contribution is 2.22. The summed E-state index contributed by atoms with van der Waals surface area (Å²) in [5.74, 6) is 1.57. The zero-order valence-corrected chi connectivity index (χ0v) is 13.6. The molecule has 1 aliphatic heterocycles. The normalized spacial score (nSPS) is 20.7. The molecule has 3 nitrogen and oxygen atoms in total. The number of likely N-dealkylation sites (tertiary alicyclic amines) is 1. The molecule has 4 heteroatoms. The maximum absolute atomic E-state index is 5.88. The van der Waals surface area contributed by atoms with E-state index in [-0.39, 0.29) is 0 Å². The Morgan fingerprint density at radius 1 is 1.40 bits per heavy atom. The molecule has 0 spiro atoms. The molecule has 0 bridgehead atoms. The van der Waals surface area contributed by atoms with Crippen molar-refractivity contribution < 1.29 is 0 Å². The van der Waals surface area contributed by atoms with Gasteiger partial charge in [-0.2, -0.15) is 5.10 Å². The van der Waals surface area contributed by atoms with Crippen LogP contribution in [0.15, 0.2) is 12.3 Å². The van der Waals surface area contributed by atoms with E-state index >= 15 is 0 Å². The first-order chi connectivity index (χ1) is 9.76. The van der Waals surface area contributed by atoms with Gasteiger partial charge in [0.15, 0.2) is 0 Å². The minimum absolute atomic E-state index is 0.550. The first-order valence-electron chi connectivity index (χ1n) is 8.09. The van der Waals surface area contributed by atoms with Crippen molar-refractivity contribution in [3.63, 3.8) is 0 Å². The standard InChI is InChI=1S/C16H28ClN3/c1-3-16(4-2)20-11-8-15(18-20)13-19-10-5-6-14(12-19)7-9-17/h8,11,14,16H,3-7,9-10,12-13H2,1-2H3. The predicted molar refractivity (Wildman–Crippen MR) is 85.2 cm³/mol. The maximum Gasteiger partial charge on any atom is 0.0764 e. The highest BCUT2D eigenvalue weighted by molar-refractivity contribution is 6.17. The lowest BCUT2D eigenvalue weighted by Gasteiger charge is -2.31. The van der Waals surface area contributed by atoms with Gasteiger partial charge >= 0.3 is 0 Å². The molecule has 2 heterocycles. The lowest BCUT2D eigenvalue weighted by Crippen LogP contribution is -2.35. The monoisotopic (exact) mass is 297 g/mol. The molecule has 0 amide bonds. The zero-order valence-electron chi connectivity index (χ0n) is 12.9. The SMILES string of the molecule is CCC(CC)n1ccc(CN2CCCC(CCCl)C2)n1. The largest absolute Gasteiger partial charge is 0.297 e. The summed E-state index contributed by atoms with van der Waals surface area (Å²) in [6, 6.07) is 2.73. The number of hydrogen-bond acceptors (Lipinski definition) is 2. The Balaban J connectivity index is 1.89. The lowest BCUT2D eigenvalue weighted by atomic mass is 9.95. The summed E-state index contributed by atoms with van der Waals surface area (Å²) in [6.45, 7) is 7.85. The molecule has 0 saturated carbocycles. The van der Waals surface area contributed by atoms with Gasteiger partial charge in [0.25, 0.3) is 0 Å². The minimum Gasteiger partial charge on any atom is -0.297 e. The molecule has 0 aliphatic carbocycles. The van der Waals surface area contributed by atoms with Crippen molar-refractivity contribution >= 4 is 11.6 Å². The number of nitrogens with zero attached hydrogens (tertiary/aromatic N) is 3. The lowest BCUT2D eigenvalue weighted by molar-refractivity contribution is 0.163. The van der Waals surface area contributed by atoms with Crippen LogP contribution in [-0.2, 0) is 6.54 Å². The number of rotatable bonds is 7. The molecule has 1 unspecified atom stereocenters. The molecular formula is C16H28ClN3. The maximum atomic E-state index is 5.88. The van der Waals surface area contributed by atoms with Crippen LogP contribution in [0.25, 0.3) is 0 Å². The third kappa shape index (κ3) is 4.23. The fraction of sp³-hybridized carbons (Fsp3) is 0.812. The summed E-state index contributed by atoms with van der Waals surface area (Å²) < 4.78 is 2.15. The van der Waals surface area contributed by atoms with Crippen LogP contribution in [0.1, 0.15) is 57.7 Å². The summed E-state index contributed by atoms with van der Waals surface area (Å²) in [5, 5.41) is 4.77. The molecule has 1 aromatic heterocycles. The van der Waals surface area contributed by atoms with E-state index in [4.69, 9.17) is 16.7 Å². The zero-order chi connectivity index (χ0) is 14.4. The predicted octanol–water partition coefficient (Wildman–Crippen LogP) is 4.09. The molecule has 0 N–H and O–H groups in total. The fourth-order valence-electron chi connectivity index (χ4n) is 3.24. The average molecular weight is 298 g/mol. The Morgan fingerprint density at radius 3 is 2.90 bits per heavy atom. The molecule has 0 aromatic carbocycles. The second-order valence-electron chi connectivity index (χ2n) is 5.98. The van der Waals surface area contributed by atoms with Crippen LogP contribution in [0.2, 0.25) is 0 Å². The number of alkyl halides is 1. The quantitative estimate of drug-likeness (QED) is 0.707. The summed E-state index contributed by atoms with van der Waals surface area (Å²) in [4.78, 5) is 2.54. The topological polar surface area (TPSA) is 21.1 Å². The Morgan fingerprint density at radius 2 is 2.20 bits per heavy atom. The number of hydrogen-bond donors (Lipinski definition) is 0. The van der Waals surface area contributed by atoms with E-state index in [0.29, 0.717) is 6.04 Å². The van der Waals surface area contributed by atoms with Crippen molar-refractivity contribution in [1.82, 2.24) is 14.7 Å². The van der Waals surface area contributed by atoms with E-state index in [1.165, 1.54) is 31.6 Å². The number of piperidine rings is 1. The van der Waals surface area contributed by atoms with Crippen LogP contribution in [0.4, 0.5) is 0 Å². The van der Waals surface area contributed by atoms with Gasteiger partial charge in [-0.15, -0.1) is 11.6 Å². The van der Waals surface area contributed by atoms with Crippen molar-refractivity contribution in [2.24, 2.45) is 5.92 Å². The Labute approximate surface area is 128 Å². The van der Waals surface area contributed by atoms with Crippen LogP contribution in [0.5, 0.6) is 0 Å². The number of aromatic nitrogens is 2. The van der Waals surface area contributed by atoms with Crippen LogP contribution in [0.3, 0.4) is 0 Å². The van der Waals surface area contributed by atoms with E-state index in [1.54, 1.807) is 0 Å². The summed E-state index contributed by atoms with van der Waals surface area (Å²) in [6.07, 6.45) is 8.24. The molecule has 1 saturated heterocycles. The highest BCUT2D eigenvalue weighted by Gasteiger charge is 2.20. The Bertz CT molecular complexity index is 385. The van der Waals surface area contributed by atoms with E-state index in [2.05, 4.69) is 35.7 Å². The summed E-state index contributed by atoms with van der Waals surface area (Å²) in [5.41, 5.74) is 1.21. The smallest absolute Gasteiger partial charge is 0.0764 e. The van der Waals surface area contributed by atoms with Gasteiger partial charge in [-0.3, -0.25) is 9.58 Å². The highest BCUT2D eigenvalue weighted by atomic mass is 35.5. The van der Waals surface area contributed by atoms with Gasteiger partial charge in [0.2, 0.25) is 0 Å². The van der Waals surface area contributed by atoms with Crippen molar-refractivity contribution in [2.75, 3.05) is 19.0 Å². The van der Waals surface area contributed by atoms with E-state index < -0.39 is 0 Å². The molecule has 20 heavy (non-hydrogen) atoms. The van der Waals surface area contributed by atoms with Crippen LogP contribution < -0.4 is 0 Å². The van der Waals surface area contributed by atoms with E-state index in [0.717, 1.165) is 37.6 Å². The molecule has 2 rings (SSSR count). The first kappa shape index (κ1) is 15.8. The van der Waals surface area contributed by atoms with Crippen molar-refractivity contribution in [3.8, 4) is 0 Å². The first-order valence-corrected chi connectivity index (χ1v) is 8.62. The summed E-state index contributed by atoms with van der Waals surface area (Å²) in [7, 11) is 0. The van der Waals surface area contributed by atoms with Gasteiger partial charge in [-0.25, -0.2) is 0 Å². The van der Waals surface area contributed by atoms with Gasteiger partial charge in [-0.05, 0) is 50.6 Å². The molecule has 1 aromatic rings. The second-order valence-corrected chi connectivity index (χ2v) is 6.36. The second kappa shape index (κ2) is 8.04. The molecular weight excluding hydrogens is 270 g/mol. The van der Waals surface area contributed by atoms with Gasteiger partial charge in [0.05, 0.1) is 11.7 Å². The van der Waals surface area contributed by atoms with Gasteiger partial charge in [0, 0.05) is 25.2 Å². The van der Waals surface area contributed by atoms with Crippen molar-refractivity contribution in [3.05, 3.63) is 18.0 Å². The van der Waals surface area contributed by atoms with Crippen LogP contribution >= 0.6 is 11.6 Å². The van der Waals surface area contributed by atoms with Gasteiger partial charge < -0.3 is 0 Å². The minimum atomic E-state index is 0.550. The van der Waals surface area contributed by atoms with E-state index in [1.807, 2.05) is 0 Å². The molecule has 0 radical (unpaired) electrons. The van der Waals surface area contributed by atoms with Crippen LogP contribution in [0, 0.1) is 5.92 Å². The van der Waals surface area contributed by atoms with Crippen LogP contribution in [-0.4, -0.2) is 33.6 Å². The van der Waals surface area contributed by atoms with Gasteiger partial charge in [-0.1, -0.05) is 13.8 Å².